The summed E-state index contributed by atoms with van der Waals surface area (Å²) in [5, 5.41) is 14.8. The minimum absolute atomic E-state index is 0.0445. The summed E-state index contributed by atoms with van der Waals surface area (Å²) in [6.07, 6.45) is 1.30. The Hall–Kier alpha value is -4.83. The molecule has 0 unspecified atom stereocenters. The number of amides is 5. The van der Waals surface area contributed by atoms with E-state index >= 15 is 0 Å². The van der Waals surface area contributed by atoms with Crippen LogP contribution in [0.2, 0.25) is 5.02 Å². The molecule has 3 N–H and O–H groups in total. The van der Waals surface area contributed by atoms with Crippen molar-refractivity contribution < 1.29 is 33.8 Å². The fraction of sp³-hybridized carbons (Fsp3) is 0.111. The maximum absolute atomic E-state index is 13.0. The van der Waals surface area contributed by atoms with Crippen LogP contribution in [0.4, 0.5) is 16.2 Å². The average Bonchev–Trinajstić information content (AvgIpc) is 2.88. The third kappa shape index (κ3) is 5.76. The normalized spacial score (nSPS) is 14.3. The number of aromatic hydroxyl groups is 1. The Bertz CT molecular complexity index is 1470. The Morgan fingerprint density at radius 1 is 1.05 bits per heavy atom. The number of urea groups is 1. The van der Waals surface area contributed by atoms with Crippen LogP contribution in [-0.2, 0) is 14.4 Å². The van der Waals surface area contributed by atoms with Crippen LogP contribution < -0.4 is 25.0 Å². The summed E-state index contributed by atoms with van der Waals surface area (Å²) < 4.78 is 10.9. The van der Waals surface area contributed by atoms with Gasteiger partial charge < -0.3 is 19.9 Å². The maximum atomic E-state index is 13.0. The highest BCUT2D eigenvalue weighted by Gasteiger charge is 2.36. The number of rotatable bonds is 7. The molecule has 0 atom stereocenters. The Morgan fingerprint density at radius 2 is 1.79 bits per heavy atom. The highest BCUT2D eigenvalue weighted by atomic mass is 35.5. The number of hydrogen-bond donors (Lipinski definition) is 3. The fourth-order valence-corrected chi connectivity index (χ4v) is 3.75. The summed E-state index contributed by atoms with van der Waals surface area (Å²) >= 11 is 6.09. The van der Waals surface area contributed by atoms with E-state index in [1.165, 1.54) is 49.6 Å². The third-order valence-corrected chi connectivity index (χ3v) is 5.93. The van der Waals surface area contributed by atoms with Crippen LogP contribution in [0.1, 0.15) is 11.1 Å². The molecule has 0 saturated carbocycles. The molecular weight excluding hydrogens is 514 g/mol. The lowest BCUT2D eigenvalue weighted by molar-refractivity contribution is -0.122. The van der Waals surface area contributed by atoms with Crippen LogP contribution in [0.5, 0.6) is 17.2 Å². The first-order chi connectivity index (χ1) is 18.2. The van der Waals surface area contributed by atoms with E-state index in [-0.39, 0.29) is 35.1 Å². The van der Waals surface area contributed by atoms with Crippen LogP contribution in [0.15, 0.2) is 66.2 Å². The molecule has 194 valence electrons. The van der Waals surface area contributed by atoms with E-state index in [0.29, 0.717) is 16.3 Å². The second kappa shape index (κ2) is 11.1. The molecular formula is C27H22ClN3O7. The zero-order valence-electron chi connectivity index (χ0n) is 20.3. The minimum Gasteiger partial charge on any atom is -0.508 e. The molecule has 0 radical (unpaired) electrons. The zero-order valence-corrected chi connectivity index (χ0v) is 21.0. The number of phenolic OH excluding ortho intramolecular Hbond substituents is 1. The van der Waals surface area contributed by atoms with E-state index in [9.17, 15) is 24.3 Å². The molecule has 0 bridgehead atoms. The van der Waals surface area contributed by atoms with E-state index in [2.05, 4.69) is 10.6 Å². The molecule has 1 aliphatic rings. The molecule has 1 heterocycles. The van der Waals surface area contributed by atoms with Gasteiger partial charge in [0, 0.05) is 10.7 Å². The minimum atomic E-state index is -0.907. The number of methoxy groups -OCH3 is 1. The summed E-state index contributed by atoms with van der Waals surface area (Å²) in [6.45, 7) is 1.54. The van der Waals surface area contributed by atoms with Crippen molar-refractivity contribution in [2.75, 3.05) is 23.9 Å². The number of aryl methyl sites for hydroxylation is 1. The second-order valence-corrected chi connectivity index (χ2v) is 8.59. The van der Waals surface area contributed by atoms with Crippen molar-refractivity contribution in [3.63, 3.8) is 0 Å². The standard InChI is InChI=1S/C27H22ClN3O7/c1-15-3-5-17(13-21(15)28)29-24(33)14-38-22-10-4-16(12-23(22)37-2)11-20-25(34)30-27(36)31(26(20)35)18-6-8-19(32)9-7-18/h3-13,32H,14H2,1-2H3,(H,29,33)(H,30,34,36)/b20-11-. The first-order valence-electron chi connectivity index (χ1n) is 11.2. The number of nitrogens with zero attached hydrogens (tertiary/aromatic N) is 1. The Balaban J connectivity index is 1.50. The number of phenols is 1. The topological polar surface area (TPSA) is 134 Å². The van der Waals surface area contributed by atoms with Gasteiger partial charge in [-0.05, 0) is 72.7 Å². The van der Waals surface area contributed by atoms with Gasteiger partial charge in [0.15, 0.2) is 18.1 Å². The number of benzene rings is 3. The Morgan fingerprint density at radius 3 is 2.47 bits per heavy atom. The van der Waals surface area contributed by atoms with E-state index in [1.807, 2.05) is 6.92 Å². The zero-order chi connectivity index (χ0) is 27.4. The smallest absolute Gasteiger partial charge is 0.335 e. The SMILES string of the molecule is COc1cc(/C=C2/C(=O)NC(=O)N(c3ccc(O)cc3)C2=O)ccc1OCC(=O)Nc1ccc(C)c(Cl)c1. The van der Waals surface area contributed by atoms with Crippen LogP contribution >= 0.6 is 11.6 Å². The molecule has 1 aliphatic heterocycles. The van der Waals surface area contributed by atoms with Gasteiger partial charge in [-0.3, -0.25) is 19.7 Å². The molecule has 10 nitrogen and oxygen atoms in total. The monoisotopic (exact) mass is 535 g/mol. The maximum Gasteiger partial charge on any atom is 0.335 e. The predicted molar refractivity (Wildman–Crippen MR) is 140 cm³/mol. The highest BCUT2D eigenvalue weighted by molar-refractivity contribution is 6.39. The molecule has 1 fully saturated rings. The van der Waals surface area contributed by atoms with Gasteiger partial charge in [0.25, 0.3) is 17.7 Å². The van der Waals surface area contributed by atoms with Crippen LogP contribution in [0.25, 0.3) is 6.08 Å². The van der Waals surface area contributed by atoms with Crippen molar-refractivity contribution in [1.82, 2.24) is 5.32 Å². The predicted octanol–water partition coefficient (Wildman–Crippen LogP) is 4.05. The van der Waals surface area contributed by atoms with Crippen LogP contribution in [0.3, 0.4) is 0 Å². The van der Waals surface area contributed by atoms with Crippen molar-refractivity contribution >= 4 is 52.8 Å². The van der Waals surface area contributed by atoms with E-state index in [4.69, 9.17) is 21.1 Å². The Kier molecular flexibility index (Phi) is 7.63. The number of imide groups is 2. The van der Waals surface area contributed by atoms with Crippen LogP contribution in [0, 0.1) is 6.92 Å². The van der Waals surface area contributed by atoms with E-state index < -0.39 is 23.8 Å². The first kappa shape index (κ1) is 26.2. The molecule has 11 heteroatoms. The number of anilines is 2. The molecule has 0 aliphatic carbocycles. The molecule has 3 aromatic carbocycles. The fourth-order valence-electron chi connectivity index (χ4n) is 3.56. The van der Waals surface area contributed by atoms with Crippen molar-refractivity contribution in [1.29, 1.82) is 0 Å². The molecule has 0 spiro atoms. The summed E-state index contributed by atoms with van der Waals surface area (Å²) in [5.41, 5.74) is 1.71. The number of nitrogens with one attached hydrogen (secondary N) is 2. The van der Waals surface area contributed by atoms with Gasteiger partial charge in [0.1, 0.15) is 11.3 Å². The van der Waals surface area contributed by atoms with Gasteiger partial charge >= 0.3 is 6.03 Å². The summed E-state index contributed by atoms with van der Waals surface area (Å²) in [4.78, 5) is 50.9. The number of ether oxygens (including phenoxy) is 2. The summed E-state index contributed by atoms with van der Waals surface area (Å²) in [5.74, 6) is -1.65. The lowest BCUT2D eigenvalue weighted by Gasteiger charge is -2.26. The van der Waals surface area contributed by atoms with Crippen molar-refractivity contribution in [2.24, 2.45) is 0 Å². The van der Waals surface area contributed by atoms with Gasteiger partial charge in [-0.15, -0.1) is 0 Å². The number of carbonyl (C=O) groups is 4. The molecule has 4 rings (SSSR count). The van der Waals surface area contributed by atoms with Gasteiger partial charge in [-0.2, -0.15) is 0 Å². The van der Waals surface area contributed by atoms with Gasteiger partial charge in [0.05, 0.1) is 12.8 Å². The molecule has 38 heavy (non-hydrogen) atoms. The molecule has 1 saturated heterocycles. The van der Waals surface area contributed by atoms with Gasteiger partial charge in [0.2, 0.25) is 0 Å². The van der Waals surface area contributed by atoms with E-state index in [0.717, 1.165) is 10.5 Å². The number of carbonyl (C=O) groups excluding carboxylic acids is 4. The molecule has 0 aromatic heterocycles. The average molecular weight is 536 g/mol. The lowest BCUT2D eigenvalue weighted by Crippen LogP contribution is -2.54. The second-order valence-electron chi connectivity index (χ2n) is 8.19. The number of halogens is 1. The lowest BCUT2D eigenvalue weighted by atomic mass is 10.1. The highest BCUT2D eigenvalue weighted by Crippen LogP contribution is 2.30. The van der Waals surface area contributed by atoms with Gasteiger partial charge in [-0.25, -0.2) is 9.69 Å². The quantitative estimate of drug-likeness (QED) is 0.307. The number of barbiturate groups is 1. The third-order valence-electron chi connectivity index (χ3n) is 5.52. The van der Waals surface area contributed by atoms with Gasteiger partial charge in [-0.1, -0.05) is 23.7 Å². The number of hydrogen-bond acceptors (Lipinski definition) is 7. The largest absolute Gasteiger partial charge is 0.508 e. The van der Waals surface area contributed by atoms with Crippen molar-refractivity contribution in [3.8, 4) is 17.2 Å². The Labute approximate surface area is 222 Å². The summed E-state index contributed by atoms with van der Waals surface area (Å²) in [6, 6.07) is 14.2. The van der Waals surface area contributed by atoms with E-state index in [1.54, 1.807) is 24.3 Å². The summed E-state index contributed by atoms with van der Waals surface area (Å²) in [7, 11) is 1.40. The molecule has 3 aromatic rings. The first-order valence-corrected chi connectivity index (χ1v) is 11.6. The van der Waals surface area contributed by atoms with Crippen molar-refractivity contribution in [3.05, 3.63) is 82.4 Å². The molecule has 5 amide bonds. The van der Waals surface area contributed by atoms with Crippen LogP contribution in [-0.4, -0.2) is 42.6 Å². The van der Waals surface area contributed by atoms with Crippen molar-refractivity contribution in [2.45, 2.75) is 6.92 Å².